The first-order chi connectivity index (χ1) is 7.63. The topological polar surface area (TPSA) is 0 Å². The third-order valence-corrected chi connectivity index (χ3v) is 3.73. The Kier molecular flexibility index (Phi) is 5.26. The molecule has 0 saturated carbocycles. The molecule has 16 heavy (non-hydrogen) atoms. The fourth-order valence-corrected chi connectivity index (χ4v) is 2.54. The number of benzene rings is 1. The Balaban J connectivity index is 3.08. The molecule has 0 aliphatic rings. The standard InChI is InChI=1S/C13H18F2S/c1-4-9(5-2)10-7-11(14)13(16-6-3)12(15)8-10/h7-9H,4-6H2,1-3H3. The summed E-state index contributed by atoms with van der Waals surface area (Å²) < 4.78 is 27.3. The maximum Gasteiger partial charge on any atom is 0.140 e. The van der Waals surface area contributed by atoms with Gasteiger partial charge < -0.3 is 0 Å². The minimum absolute atomic E-state index is 0.150. The molecule has 0 saturated heterocycles. The molecule has 0 fully saturated rings. The molecule has 0 heterocycles. The molecule has 0 aliphatic heterocycles. The van der Waals surface area contributed by atoms with Crippen molar-refractivity contribution >= 4 is 11.8 Å². The Morgan fingerprint density at radius 3 is 1.94 bits per heavy atom. The molecule has 0 spiro atoms. The summed E-state index contributed by atoms with van der Waals surface area (Å²) in [7, 11) is 0. The first-order valence-corrected chi connectivity index (χ1v) is 6.74. The first-order valence-electron chi connectivity index (χ1n) is 5.75. The van der Waals surface area contributed by atoms with Gasteiger partial charge in [-0.2, -0.15) is 0 Å². The molecule has 3 heteroatoms. The van der Waals surface area contributed by atoms with Crippen molar-refractivity contribution in [1.29, 1.82) is 0 Å². The molecule has 0 bridgehead atoms. The lowest BCUT2D eigenvalue weighted by Crippen LogP contribution is -1.99. The van der Waals surface area contributed by atoms with Gasteiger partial charge in [-0.25, -0.2) is 8.78 Å². The highest BCUT2D eigenvalue weighted by Crippen LogP contribution is 2.30. The van der Waals surface area contributed by atoms with Crippen LogP contribution in [0.3, 0.4) is 0 Å². The van der Waals surface area contributed by atoms with Crippen LogP contribution in [0.1, 0.15) is 45.1 Å². The Morgan fingerprint density at radius 1 is 1.06 bits per heavy atom. The SMILES string of the molecule is CCSc1c(F)cc(C(CC)CC)cc1F. The minimum Gasteiger partial charge on any atom is -0.206 e. The molecule has 0 N–H and O–H groups in total. The number of hydrogen-bond donors (Lipinski definition) is 0. The summed E-state index contributed by atoms with van der Waals surface area (Å²) in [6.07, 6.45) is 1.82. The fourth-order valence-electron chi connectivity index (χ4n) is 1.86. The van der Waals surface area contributed by atoms with Gasteiger partial charge in [0.25, 0.3) is 0 Å². The van der Waals surface area contributed by atoms with Gasteiger partial charge in [0.15, 0.2) is 0 Å². The average molecular weight is 244 g/mol. The maximum atomic E-state index is 13.7. The van der Waals surface area contributed by atoms with Crippen LogP contribution in [0.5, 0.6) is 0 Å². The van der Waals surface area contributed by atoms with Gasteiger partial charge in [-0.3, -0.25) is 0 Å². The molecule has 0 nitrogen and oxygen atoms in total. The van der Waals surface area contributed by atoms with E-state index >= 15 is 0 Å². The molecule has 0 radical (unpaired) electrons. The zero-order valence-corrected chi connectivity index (χ0v) is 10.8. The van der Waals surface area contributed by atoms with Gasteiger partial charge in [0, 0.05) is 0 Å². The van der Waals surface area contributed by atoms with Gasteiger partial charge in [-0.1, -0.05) is 20.8 Å². The predicted octanol–water partition coefficient (Wildman–Crippen LogP) is 4.98. The maximum absolute atomic E-state index is 13.7. The highest BCUT2D eigenvalue weighted by Gasteiger charge is 2.15. The summed E-state index contributed by atoms with van der Waals surface area (Å²) in [4.78, 5) is 0.150. The van der Waals surface area contributed by atoms with Gasteiger partial charge in [-0.05, 0) is 42.2 Å². The summed E-state index contributed by atoms with van der Waals surface area (Å²) in [6.45, 7) is 5.97. The monoisotopic (exact) mass is 244 g/mol. The second-order valence-electron chi connectivity index (χ2n) is 3.76. The van der Waals surface area contributed by atoms with Gasteiger partial charge in [0.05, 0.1) is 4.90 Å². The lowest BCUT2D eigenvalue weighted by Gasteiger charge is -2.14. The van der Waals surface area contributed by atoms with Crippen LogP contribution >= 0.6 is 11.8 Å². The summed E-state index contributed by atoms with van der Waals surface area (Å²) >= 11 is 1.21. The third kappa shape index (κ3) is 2.97. The lowest BCUT2D eigenvalue weighted by atomic mass is 9.94. The van der Waals surface area contributed by atoms with Crippen LogP contribution in [0.25, 0.3) is 0 Å². The van der Waals surface area contributed by atoms with E-state index in [4.69, 9.17) is 0 Å². The minimum atomic E-state index is -0.422. The molecule has 1 rings (SSSR count). The predicted molar refractivity (Wildman–Crippen MR) is 66.1 cm³/mol. The summed E-state index contributed by atoms with van der Waals surface area (Å²) in [5, 5.41) is 0. The van der Waals surface area contributed by atoms with Crippen molar-refractivity contribution in [1.82, 2.24) is 0 Å². The van der Waals surface area contributed by atoms with Crippen LogP contribution in [0.4, 0.5) is 8.78 Å². The van der Waals surface area contributed by atoms with Crippen molar-refractivity contribution in [2.75, 3.05) is 5.75 Å². The average Bonchev–Trinajstić information content (AvgIpc) is 2.25. The smallest absolute Gasteiger partial charge is 0.140 e. The first kappa shape index (κ1) is 13.5. The van der Waals surface area contributed by atoms with E-state index in [1.807, 2.05) is 20.8 Å². The van der Waals surface area contributed by atoms with Crippen molar-refractivity contribution in [3.63, 3.8) is 0 Å². The summed E-state index contributed by atoms with van der Waals surface area (Å²) in [6, 6.07) is 2.97. The number of hydrogen-bond acceptors (Lipinski definition) is 1. The lowest BCUT2D eigenvalue weighted by molar-refractivity contribution is 0.528. The number of halogens is 2. The molecule has 1 aromatic rings. The third-order valence-electron chi connectivity index (χ3n) is 2.77. The second kappa shape index (κ2) is 6.24. The Bertz CT molecular complexity index is 323. The van der Waals surface area contributed by atoms with Crippen molar-refractivity contribution < 1.29 is 8.78 Å². The molecule has 0 aromatic heterocycles. The van der Waals surface area contributed by atoms with Crippen molar-refractivity contribution in [2.24, 2.45) is 0 Å². The van der Waals surface area contributed by atoms with Gasteiger partial charge in [-0.15, -0.1) is 11.8 Å². The number of rotatable bonds is 5. The normalized spacial score (nSPS) is 11.1. The van der Waals surface area contributed by atoms with Crippen LogP contribution in [-0.4, -0.2) is 5.75 Å². The molecule has 0 unspecified atom stereocenters. The molecular formula is C13H18F2S. The quantitative estimate of drug-likeness (QED) is 0.658. The Labute approximate surface area is 100 Å². The van der Waals surface area contributed by atoms with Crippen molar-refractivity contribution in [2.45, 2.75) is 44.4 Å². The van der Waals surface area contributed by atoms with Gasteiger partial charge >= 0.3 is 0 Å². The van der Waals surface area contributed by atoms with Crippen molar-refractivity contribution in [3.05, 3.63) is 29.3 Å². The van der Waals surface area contributed by atoms with E-state index in [1.54, 1.807) is 0 Å². The Hall–Kier alpha value is -0.570. The zero-order valence-electron chi connectivity index (χ0n) is 10.0. The Morgan fingerprint density at radius 2 is 1.56 bits per heavy atom. The zero-order chi connectivity index (χ0) is 12.1. The van der Waals surface area contributed by atoms with Crippen LogP contribution in [-0.2, 0) is 0 Å². The van der Waals surface area contributed by atoms with Gasteiger partial charge in [0.1, 0.15) is 11.6 Å². The number of thioether (sulfide) groups is 1. The highest BCUT2D eigenvalue weighted by molar-refractivity contribution is 7.99. The van der Waals surface area contributed by atoms with Gasteiger partial charge in [0.2, 0.25) is 0 Å². The van der Waals surface area contributed by atoms with E-state index in [-0.39, 0.29) is 10.8 Å². The largest absolute Gasteiger partial charge is 0.206 e. The van der Waals surface area contributed by atoms with E-state index in [1.165, 1.54) is 23.9 Å². The van der Waals surface area contributed by atoms with E-state index in [9.17, 15) is 8.78 Å². The van der Waals surface area contributed by atoms with Crippen molar-refractivity contribution in [3.8, 4) is 0 Å². The molecule has 0 aliphatic carbocycles. The van der Waals surface area contributed by atoms with Crippen LogP contribution < -0.4 is 0 Å². The van der Waals surface area contributed by atoms with Crippen LogP contribution in [0.15, 0.2) is 17.0 Å². The summed E-state index contributed by atoms with van der Waals surface area (Å²) in [5.74, 6) is 0.0882. The van der Waals surface area contributed by atoms with E-state index in [0.717, 1.165) is 18.4 Å². The van der Waals surface area contributed by atoms with E-state index in [0.29, 0.717) is 5.75 Å². The molecule has 1 aromatic carbocycles. The molecule has 90 valence electrons. The summed E-state index contributed by atoms with van der Waals surface area (Å²) in [5.41, 5.74) is 0.778. The molecular weight excluding hydrogens is 226 g/mol. The highest BCUT2D eigenvalue weighted by atomic mass is 32.2. The van der Waals surface area contributed by atoms with E-state index < -0.39 is 11.6 Å². The van der Waals surface area contributed by atoms with Crippen LogP contribution in [0.2, 0.25) is 0 Å². The van der Waals surface area contributed by atoms with Crippen LogP contribution in [0, 0.1) is 11.6 Å². The fraction of sp³-hybridized carbons (Fsp3) is 0.538. The molecule has 0 atom stereocenters. The second-order valence-corrected chi connectivity index (χ2v) is 5.03. The van der Waals surface area contributed by atoms with E-state index in [2.05, 4.69) is 0 Å². The molecule has 0 amide bonds.